The molecule has 0 aliphatic heterocycles. The van der Waals surface area contributed by atoms with E-state index in [1.165, 1.54) is 26.0 Å². The topological polar surface area (TPSA) is 75.1 Å². The average molecular weight is 295 g/mol. The zero-order valence-electron chi connectivity index (χ0n) is 11.9. The van der Waals surface area contributed by atoms with Crippen molar-refractivity contribution in [3.05, 3.63) is 51.3 Å². The summed E-state index contributed by atoms with van der Waals surface area (Å²) in [6, 6.07) is 3.46. The van der Waals surface area contributed by atoms with Crippen molar-refractivity contribution >= 4 is 12.0 Å². The van der Waals surface area contributed by atoms with Crippen LogP contribution in [0.2, 0.25) is 0 Å². The van der Waals surface area contributed by atoms with Crippen LogP contribution in [0, 0.1) is 5.82 Å². The molecule has 21 heavy (non-hydrogen) atoms. The highest BCUT2D eigenvalue weighted by Crippen LogP contribution is 2.30. The number of ether oxygens (including phenoxy) is 1. The fourth-order valence-electron chi connectivity index (χ4n) is 1.70. The monoisotopic (exact) mass is 295 g/mol. The quantitative estimate of drug-likeness (QED) is 0.268. The van der Waals surface area contributed by atoms with Crippen LogP contribution in [0.3, 0.4) is 0 Å². The summed E-state index contributed by atoms with van der Waals surface area (Å²) in [4.78, 5) is 14.2. The minimum atomic E-state index is -1.83. The molecule has 0 unspecified atom stereocenters. The predicted molar refractivity (Wildman–Crippen MR) is 74.3 cm³/mol. The van der Waals surface area contributed by atoms with Gasteiger partial charge >= 0.3 is 5.97 Å². The van der Waals surface area contributed by atoms with Crippen LogP contribution in [-0.2, 0) is 15.2 Å². The standard InChI is InChI=1S/C14H15F2N3O2/c1-4-21-13(20)12(18-19-17)7-9-5-6-10(15)8-11(9)14(2,3)16/h5-8H,4H2,1-3H3/b12-7+. The van der Waals surface area contributed by atoms with Gasteiger partial charge in [0.1, 0.15) is 17.2 Å². The number of hydrogen-bond donors (Lipinski definition) is 0. The molecule has 0 aliphatic rings. The van der Waals surface area contributed by atoms with E-state index in [2.05, 4.69) is 10.0 Å². The van der Waals surface area contributed by atoms with Gasteiger partial charge in [0, 0.05) is 4.91 Å². The molecular weight excluding hydrogens is 280 g/mol. The number of carbonyl (C=O) groups is 1. The second kappa shape index (κ2) is 6.85. The second-order valence-corrected chi connectivity index (χ2v) is 4.64. The molecule has 0 spiro atoms. The van der Waals surface area contributed by atoms with Crippen LogP contribution in [0.25, 0.3) is 16.5 Å². The third kappa shape index (κ3) is 4.57. The zero-order chi connectivity index (χ0) is 16.0. The summed E-state index contributed by atoms with van der Waals surface area (Å²) < 4.78 is 32.2. The van der Waals surface area contributed by atoms with Gasteiger partial charge in [-0.25, -0.2) is 13.6 Å². The molecule has 0 aliphatic carbocycles. The molecule has 7 heteroatoms. The smallest absolute Gasteiger partial charge is 0.340 e. The van der Waals surface area contributed by atoms with Crippen molar-refractivity contribution < 1.29 is 18.3 Å². The first-order valence-corrected chi connectivity index (χ1v) is 6.22. The van der Waals surface area contributed by atoms with Gasteiger partial charge in [-0.1, -0.05) is 11.2 Å². The lowest BCUT2D eigenvalue weighted by atomic mass is 9.94. The molecule has 1 aromatic carbocycles. The number of hydrogen-bond acceptors (Lipinski definition) is 3. The zero-order valence-corrected chi connectivity index (χ0v) is 11.9. The van der Waals surface area contributed by atoms with Crippen LogP contribution in [0.5, 0.6) is 0 Å². The minimum Gasteiger partial charge on any atom is -0.462 e. The van der Waals surface area contributed by atoms with E-state index in [1.807, 2.05) is 0 Å². The van der Waals surface area contributed by atoms with Gasteiger partial charge in [-0.2, -0.15) is 0 Å². The molecule has 0 aromatic heterocycles. The Bertz CT molecular complexity index is 615. The van der Waals surface area contributed by atoms with Crippen molar-refractivity contribution in [2.75, 3.05) is 6.61 Å². The maximum absolute atomic E-state index is 14.1. The van der Waals surface area contributed by atoms with Crippen LogP contribution in [0.1, 0.15) is 31.9 Å². The van der Waals surface area contributed by atoms with E-state index in [0.29, 0.717) is 0 Å². The minimum absolute atomic E-state index is 0.0393. The van der Waals surface area contributed by atoms with Crippen molar-refractivity contribution in [3.63, 3.8) is 0 Å². The Morgan fingerprint density at radius 3 is 2.71 bits per heavy atom. The fourth-order valence-corrected chi connectivity index (χ4v) is 1.70. The summed E-state index contributed by atoms with van der Waals surface area (Å²) in [6.07, 6.45) is 1.17. The van der Waals surface area contributed by atoms with Crippen LogP contribution in [0.4, 0.5) is 8.78 Å². The fraction of sp³-hybridized carbons (Fsp3) is 0.357. The van der Waals surface area contributed by atoms with E-state index in [4.69, 9.17) is 10.3 Å². The predicted octanol–water partition coefficient (Wildman–Crippen LogP) is 4.24. The number of rotatable bonds is 5. The van der Waals surface area contributed by atoms with Crippen LogP contribution < -0.4 is 0 Å². The molecule has 0 fully saturated rings. The molecule has 0 amide bonds. The maximum atomic E-state index is 14.1. The molecule has 1 aromatic rings. The third-order valence-corrected chi connectivity index (χ3v) is 2.59. The van der Waals surface area contributed by atoms with Crippen LogP contribution >= 0.6 is 0 Å². The number of halogens is 2. The van der Waals surface area contributed by atoms with E-state index in [1.54, 1.807) is 6.92 Å². The Morgan fingerprint density at radius 2 is 2.19 bits per heavy atom. The third-order valence-electron chi connectivity index (χ3n) is 2.59. The molecule has 0 N–H and O–H groups in total. The van der Waals surface area contributed by atoms with E-state index in [0.717, 1.165) is 12.1 Å². The lowest BCUT2D eigenvalue weighted by Crippen LogP contribution is -2.12. The summed E-state index contributed by atoms with van der Waals surface area (Å²) in [5.74, 6) is -1.43. The maximum Gasteiger partial charge on any atom is 0.340 e. The summed E-state index contributed by atoms with van der Waals surface area (Å²) in [7, 11) is 0. The lowest BCUT2D eigenvalue weighted by Gasteiger charge is -2.18. The summed E-state index contributed by atoms with van der Waals surface area (Å²) in [5.41, 5.74) is 6.60. The number of carbonyl (C=O) groups excluding carboxylic acids is 1. The Balaban J connectivity index is 3.40. The second-order valence-electron chi connectivity index (χ2n) is 4.64. The van der Waals surface area contributed by atoms with E-state index in [-0.39, 0.29) is 23.4 Å². The first kappa shape index (κ1) is 16.7. The van der Waals surface area contributed by atoms with E-state index in [9.17, 15) is 13.6 Å². The summed E-state index contributed by atoms with van der Waals surface area (Å²) in [6.45, 7) is 4.22. The molecular formula is C14H15F2N3O2. The molecule has 0 saturated carbocycles. The molecule has 0 radical (unpaired) electrons. The summed E-state index contributed by atoms with van der Waals surface area (Å²) >= 11 is 0. The normalized spacial score (nSPS) is 11.8. The van der Waals surface area contributed by atoms with Crippen molar-refractivity contribution in [3.8, 4) is 0 Å². The average Bonchev–Trinajstić information content (AvgIpc) is 2.39. The van der Waals surface area contributed by atoms with Gasteiger partial charge < -0.3 is 4.74 Å². The number of alkyl halides is 1. The lowest BCUT2D eigenvalue weighted by molar-refractivity contribution is -0.138. The molecule has 112 valence electrons. The van der Waals surface area contributed by atoms with Crippen molar-refractivity contribution in [2.45, 2.75) is 26.4 Å². The van der Waals surface area contributed by atoms with Gasteiger partial charge in [-0.3, -0.25) is 0 Å². The van der Waals surface area contributed by atoms with Crippen molar-refractivity contribution in [1.82, 2.24) is 0 Å². The molecule has 1 rings (SSSR count). The van der Waals surface area contributed by atoms with Gasteiger partial charge in [-0.15, -0.1) is 0 Å². The Morgan fingerprint density at radius 1 is 1.52 bits per heavy atom. The number of esters is 1. The Kier molecular flexibility index (Phi) is 5.44. The first-order chi connectivity index (χ1) is 9.79. The van der Waals surface area contributed by atoms with Gasteiger partial charge in [0.15, 0.2) is 0 Å². The molecule has 0 atom stereocenters. The van der Waals surface area contributed by atoms with Gasteiger partial charge in [-0.05, 0) is 55.6 Å². The van der Waals surface area contributed by atoms with Crippen molar-refractivity contribution in [1.29, 1.82) is 0 Å². The summed E-state index contributed by atoms with van der Waals surface area (Å²) in [5, 5.41) is 3.23. The number of azide groups is 1. The number of benzene rings is 1. The van der Waals surface area contributed by atoms with Gasteiger partial charge in [0.25, 0.3) is 0 Å². The molecule has 5 nitrogen and oxygen atoms in total. The SMILES string of the molecule is CCOC(=O)/C(=C\c1ccc(F)cc1C(C)(C)F)N=[N+]=[N-]. The molecule has 0 bridgehead atoms. The van der Waals surface area contributed by atoms with E-state index < -0.39 is 17.5 Å². The van der Waals surface area contributed by atoms with Crippen LogP contribution in [0.15, 0.2) is 29.0 Å². The Labute approximate surface area is 120 Å². The highest BCUT2D eigenvalue weighted by atomic mass is 19.1. The van der Waals surface area contributed by atoms with E-state index >= 15 is 0 Å². The van der Waals surface area contributed by atoms with Gasteiger partial charge in [0.2, 0.25) is 0 Å². The van der Waals surface area contributed by atoms with Crippen molar-refractivity contribution in [2.24, 2.45) is 5.11 Å². The Hall–Kier alpha value is -2.40. The van der Waals surface area contributed by atoms with Crippen LogP contribution in [-0.4, -0.2) is 12.6 Å². The first-order valence-electron chi connectivity index (χ1n) is 6.22. The molecule has 0 saturated heterocycles. The largest absolute Gasteiger partial charge is 0.462 e. The highest BCUT2D eigenvalue weighted by molar-refractivity contribution is 5.93. The number of nitrogens with zero attached hydrogens (tertiary/aromatic N) is 3. The van der Waals surface area contributed by atoms with Gasteiger partial charge in [0.05, 0.1) is 6.61 Å². The highest BCUT2D eigenvalue weighted by Gasteiger charge is 2.23. The molecule has 0 heterocycles.